The summed E-state index contributed by atoms with van der Waals surface area (Å²) in [4.78, 5) is 10.3. The second kappa shape index (κ2) is 6.69. The van der Waals surface area contributed by atoms with Gasteiger partial charge in [0.1, 0.15) is 12.4 Å². The molecule has 110 valence electrons. The molecule has 2 aromatic rings. The van der Waals surface area contributed by atoms with Gasteiger partial charge in [-0.1, -0.05) is 33.6 Å². The zero-order valence-corrected chi connectivity index (χ0v) is 13.1. The predicted octanol–water partition coefficient (Wildman–Crippen LogP) is 3.70. The van der Waals surface area contributed by atoms with Gasteiger partial charge in [0.15, 0.2) is 0 Å². The zero-order valence-electron chi connectivity index (χ0n) is 11.5. The summed E-state index contributed by atoms with van der Waals surface area (Å²) in [5.41, 5.74) is 8.65. The Morgan fingerprint density at radius 1 is 1.24 bits per heavy atom. The molecule has 0 unspecified atom stereocenters. The third-order valence-corrected chi connectivity index (χ3v) is 3.80. The van der Waals surface area contributed by atoms with Crippen molar-refractivity contribution in [2.24, 2.45) is 5.73 Å². The molecule has 2 aromatic carbocycles. The highest BCUT2D eigenvalue weighted by molar-refractivity contribution is 9.10. The maximum atomic E-state index is 10.7. The van der Waals surface area contributed by atoms with Gasteiger partial charge in [-0.25, -0.2) is 0 Å². The first-order valence-corrected chi connectivity index (χ1v) is 7.15. The number of nitro groups is 1. The monoisotopic (exact) mass is 350 g/mol. The lowest BCUT2D eigenvalue weighted by Crippen LogP contribution is -2.03. The van der Waals surface area contributed by atoms with Crippen molar-refractivity contribution in [3.05, 3.63) is 67.7 Å². The molecule has 2 rings (SSSR count). The largest absolute Gasteiger partial charge is 0.489 e. The fourth-order valence-electron chi connectivity index (χ4n) is 1.93. The van der Waals surface area contributed by atoms with Crippen LogP contribution in [0.2, 0.25) is 0 Å². The summed E-state index contributed by atoms with van der Waals surface area (Å²) < 4.78 is 6.42. The summed E-state index contributed by atoms with van der Waals surface area (Å²) in [5, 5.41) is 10.7. The number of nitrogens with zero attached hydrogens (tertiary/aromatic N) is 1. The molecule has 2 N–H and O–H groups in total. The molecule has 0 atom stereocenters. The molecule has 6 heteroatoms. The van der Waals surface area contributed by atoms with E-state index in [1.54, 1.807) is 6.07 Å². The van der Waals surface area contributed by atoms with E-state index in [1.807, 2.05) is 25.1 Å². The summed E-state index contributed by atoms with van der Waals surface area (Å²) in [6.07, 6.45) is 0. The second-order valence-electron chi connectivity index (χ2n) is 4.64. The number of non-ortho nitro benzene ring substituents is 1. The molecule has 0 spiro atoms. The minimum absolute atomic E-state index is 0.0450. The topological polar surface area (TPSA) is 78.4 Å². The van der Waals surface area contributed by atoms with E-state index < -0.39 is 4.92 Å². The molecule has 0 fully saturated rings. The lowest BCUT2D eigenvalue weighted by molar-refractivity contribution is -0.384. The maximum absolute atomic E-state index is 10.7. The fraction of sp³-hybridized carbons (Fsp3) is 0.200. The Morgan fingerprint density at radius 2 is 2.00 bits per heavy atom. The standard InChI is InChI=1S/C15H15BrN2O3/c1-10-2-5-15(12(6-10)8-17)21-9-11-3-4-13(18(19)20)7-14(11)16/h2-7H,8-9,17H2,1H3. The third-order valence-electron chi connectivity index (χ3n) is 3.07. The van der Waals surface area contributed by atoms with Crippen LogP contribution in [-0.2, 0) is 13.2 Å². The summed E-state index contributed by atoms with van der Waals surface area (Å²) >= 11 is 3.33. The number of nitrogens with two attached hydrogens (primary N) is 1. The molecule has 0 aromatic heterocycles. The molecule has 5 nitrogen and oxygen atoms in total. The molecule has 0 radical (unpaired) electrons. The number of hydrogen-bond acceptors (Lipinski definition) is 4. The van der Waals surface area contributed by atoms with Gasteiger partial charge < -0.3 is 10.5 Å². The van der Waals surface area contributed by atoms with Crippen LogP contribution in [0.5, 0.6) is 5.75 Å². The predicted molar refractivity (Wildman–Crippen MR) is 84.2 cm³/mol. The van der Waals surface area contributed by atoms with Crippen LogP contribution >= 0.6 is 15.9 Å². The molecule has 0 saturated heterocycles. The number of nitro benzene ring substituents is 1. The van der Waals surface area contributed by atoms with E-state index in [0.29, 0.717) is 17.6 Å². The molecular weight excluding hydrogens is 336 g/mol. The van der Waals surface area contributed by atoms with Gasteiger partial charge in [-0.3, -0.25) is 10.1 Å². The molecular formula is C15H15BrN2O3. The Hall–Kier alpha value is -1.92. The molecule has 0 aliphatic heterocycles. The van der Waals surface area contributed by atoms with Crippen LogP contribution in [0.4, 0.5) is 5.69 Å². The van der Waals surface area contributed by atoms with Gasteiger partial charge in [0, 0.05) is 34.3 Å². The SMILES string of the molecule is Cc1ccc(OCc2ccc([N+](=O)[O-])cc2Br)c(CN)c1. The van der Waals surface area contributed by atoms with Crippen LogP contribution in [0, 0.1) is 17.0 Å². The highest BCUT2D eigenvalue weighted by atomic mass is 79.9. The van der Waals surface area contributed by atoms with Crippen molar-refractivity contribution < 1.29 is 9.66 Å². The van der Waals surface area contributed by atoms with E-state index in [1.165, 1.54) is 12.1 Å². The van der Waals surface area contributed by atoms with Gasteiger partial charge in [-0.2, -0.15) is 0 Å². The minimum atomic E-state index is -0.429. The van der Waals surface area contributed by atoms with Crippen LogP contribution in [0.15, 0.2) is 40.9 Å². The third kappa shape index (κ3) is 3.80. The first-order valence-electron chi connectivity index (χ1n) is 6.36. The van der Waals surface area contributed by atoms with E-state index in [-0.39, 0.29) is 5.69 Å². The van der Waals surface area contributed by atoms with Gasteiger partial charge in [-0.05, 0) is 19.1 Å². The molecule has 0 amide bonds. The number of ether oxygens (including phenoxy) is 1. The fourth-order valence-corrected chi connectivity index (χ4v) is 2.41. The summed E-state index contributed by atoms with van der Waals surface area (Å²) in [5.74, 6) is 0.730. The molecule has 0 aliphatic carbocycles. The van der Waals surface area contributed by atoms with Gasteiger partial charge in [0.2, 0.25) is 0 Å². The summed E-state index contributed by atoms with van der Waals surface area (Å²) in [6.45, 7) is 2.71. The highest BCUT2D eigenvalue weighted by Crippen LogP contribution is 2.26. The number of hydrogen-bond donors (Lipinski definition) is 1. The quantitative estimate of drug-likeness (QED) is 0.658. The van der Waals surface area contributed by atoms with E-state index in [9.17, 15) is 10.1 Å². The minimum Gasteiger partial charge on any atom is -0.489 e. The first kappa shape index (κ1) is 15.5. The van der Waals surface area contributed by atoms with E-state index in [4.69, 9.17) is 10.5 Å². The zero-order chi connectivity index (χ0) is 15.4. The van der Waals surface area contributed by atoms with Gasteiger partial charge in [0.05, 0.1) is 4.92 Å². The highest BCUT2D eigenvalue weighted by Gasteiger charge is 2.10. The summed E-state index contributed by atoms with van der Waals surface area (Å²) in [6, 6.07) is 10.4. The normalized spacial score (nSPS) is 10.4. The van der Waals surface area contributed by atoms with Crippen molar-refractivity contribution >= 4 is 21.6 Å². The second-order valence-corrected chi connectivity index (χ2v) is 5.49. The molecule has 0 saturated carbocycles. The van der Waals surface area contributed by atoms with Crippen molar-refractivity contribution in [2.45, 2.75) is 20.1 Å². The molecule has 0 aliphatic rings. The van der Waals surface area contributed by atoms with Crippen LogP contribution in [0.3, 0.4) is 0 Å². The molecule has 0 heterocycles. The van der Waals surface area contributed by atoms with Gasteiger partial charge >= 0.3 is 0 Å². The average Bonchev–Trinajstić information content (AvgIpc) is 2.46. The van der Waals surface area contributed by atoms with Crippen LogP contribution < -0.4 is 10.5 Å². The van der Waals surface area contributed by atoms with Crippen molar-refractivity contribution in [1.29, 1.82) is 0 Å². The van der Waals surface area contributed by atoms with Crippen LogP contribution in [0.25, 0.3) is 0 Å². The molecule has 21 heavy (non-hydrogen) atoms. The Morgan fingerprint density at radius 3 is 2.62 bits per heavy atom. The smallest absolute Gasteiger partial charge is 0.270 e. The summed E-state index contributed by atoms with van der Waals surface area (Å²) in [7, 11) is 0. The van der Waals surface area contributed by atoms with Crippen molar-refractivity contribution in [1.82, 2.24) is 0 Å². The van der Waals surface area contributed by atoms with Crippen molar-refractivity contribution in [3.8, 4) is 5.75 Å². The van der Waals surface area contributed by atoms with E-state index in [2.05, 4.69) is 15.9 Å². The Kier molecular flexibility index (Phi) is 4.93. The number of aryl methyl sites for hydroxylation is 1. The van der Waals surface area contributed by atoms with Crippen molar-refractivity contribution in [3.63, 3.8) is 0 Å². The Bertz CT molecular complexity index is 674. The Labute approximate surface area is 131 Å². The van der Waals surface area contributed by atoms with E-state index >= 15 is 0 Å². The van der Waals surface area contributed by atoms with Gasteiger partial charge in [0.25, 0.3) is 5.69 Å². The number of benzene rings is 2. The molecule has 0 bridgehead atoms. The van der Waals surface area contributed by atoms with Crippen LogP contribution in [-0.4, -0.2) is 4.92 Å². The lowest BCUT2D eigenvalue weighted by Gasteiger charge is -2.12. The van der Waals surface area contributed by atoms with Crippen molar-refractivity contribution in [2.75, 3.05) is 0 Å². The average molecular weight is 351 g/mol. The van der Waals surface area contributed by atoms with Gasteiger partial charge in [-0.15, -0.1) is 0 Å². The number of rotatable bonds is 5. The first-order chi connectivity index (χ1) is 10.0. The number of halogens is 1. The maximum Gasteiger partial charge on any atom is 0.270 e. The lowest BCUT2D eigenvalue weighted by atomic mass is 10.1. The van der Waals surface area contributed by atoms with E-state index in [0.717, 1.165) is 22.4 Å². The van der Waals surface area contributed by atoms with Crippen LogP contribution in [0.1, 0.15) is 16.7 Å². The Balaban J connectivity index is 2.15.